The molecule has 4 rings (SSSR count). The van der Waals surface area contributed by atoms with Gasteiger partial charge in [0.2, 0.25) is 0 Å². The molecule has 5 heteroatoms. The van der Waals surface area contributed by atoms with Gasteiger partial charge in [0.25, 0.3) is 0 Å². The summed E-state index contributed by atoms with van der Waals surface area (Å²) in [4.78, 5) is 13.0. The number of aromatic hydroxyl groups is 2. The average molecular weight is 363 g/mol. The van der Waals surface area contributed by atoms with Gasteiger partial charge in [0, 0.05) is 12.8 Å². The van der Waals surface area contributed by atoms with E-state index in [-0.39, 0.29) is 17.1 Å². The Morgan fingerprint density at radius 1 is 0.926 bits per heavy atom. The van der Waals surface area contributed by atoms with Gasteiger partial charge < -0.3 is 20.3 Å². The normalized spacial score (nSPS) is 16.1. The van der Waals surface area contributed by atoms with Gasteiger partial charge in [-0.1, -0.05) is 36.4 Å². The van der Waals surface area contributed by atoms with Crippen molar-refractivity contribution in [2.45, 2.75) is 18.4 Å². The molecule has 0 unspecified atom stereocenters. The van der Waals surface area contributed by atoms with Gasteiger partial charge in [-0.05, 0) is 53.7 Å². The highest BCUT2D eigenvalue weighted by Gasteiger charge is 2.38. The fraction of sp³-hybridized carbons (Fsp3) is 0.227. The molecule has 0 aromatic heterocycles. The minimum Gasteiger partial charge on any atom is -0.508 e. The van der Waals surface area contributed by atoms with E-state index in [1.54, 1.807) is 24.3 Å². The predicted molar refractivity (Wildman–Crippen MR) is 103 cm³/mol. The molecule has 0 atom stereocenters. The maximum atomic E-state index is 13.0. The number of rotatable bonds is 3. The minimum absolute atomic E-state index is 0.0990. The first-order valence-electron chi connectivity index (χ1n) is 9.03. The van der Waals surface area contributed by atoms with Crippen LogP contribution in [-0.4, -0.2) is 29.3 Å². The van der Waals surface area contributed by atoms with Gasteiger partial charge >= 0.3 is 5.97 Å². The van der Waals surface area contributed by atoms with Crippen LogP contribution in [0.3, 0.4) is 0 Å². The standard InChI is InChI=1S/C22H21NO4/c24-18-7-6-15-14-20(25)19(13-16(15)12-18)21(26)27-22(8-10-23-11-9-22)17-4-2-1-3-5-17/h1-7,12-14,23-25H,8-11H2. The van der Waals surface area contributed by atoms with Gasteiger partial charge in [0.05, 0.1) is 0 Å². The zero-order chi connectivity index (χ0) is 18.9. The molecule has 3 aromatic carbocycles. The molecule has 1 aliphatic heterocycles. The van der Waals surface area contributed by atoms with E-state index in [1.165, 1.54) is 6.07 Å². The second-order valence-corrected chi connectivity index (χ2v) is 6.90. The summed E-state index contributed by atoms with van der Waals surface area (Å²) in [6, 6.07) is 17.6. The van der Waals surface area contributed by atoms with Crippen LogP contribution in [0, 0.1) is 0 Å². The van der Waals surface area contributed by atoms with Crippen LogP contribution in [0.1, 0.15) is 28.8 Å². The third-order valence-corrected chi connectivity index (χ3v) is 5.16. The van der Waals surface area contributed by atoms with Crippen molar-refractivity contribution >= 4 is 16.7 Å². The van der Waals surface area contributed by atoms with Crippen molar-refractivity contribution in [3.8, 4) is 11.5 Å². The van der Waals surface area contributed by atoms with Crippen LogP contribution in [0.2, 0.25) is 0 Å². The molecule has 1 heterocycles. The summed E-state index contributed by atoms with van der Waals surface area (Å²) in [5.41, 5.74) is 0.337. The lowest BCUT2D eigenvalue weighted by Crippen LogP contribution is -2.43. The smallest absolute Gasteiger partial charge is 0.342 e. The molecule has 1 fully saturated rings. The van der Waals surface area contributed by atoms with Gasteiger partial charge in [-0.25, -0.2) is 4.79 Å². The minimum atomic E-state index is -0.718. The molecule has 1 aliphatic rings. The summed E-state index contributed by atoms with van der Waals surface area (Å²) in [5.74, 6) is -0.592. The summed E-state index contributed by atoms with van der Waals surface area (Å²) in [6.45, 7) is 1.50. The lowest BCUT2D eigenvalue weighted by atomic mass is 9.84. The maximum absolute atomic E-state index is 13.0. The number of phenolic OH excluding ortho intramolecular Hbond substituents is 2. The molecule has 5 nitrogen and oxygen atoms in total. The van der Waals surface area contributed by atoms with E-state index in [4.69, 9.17) is 4.74 Å². The fourth-order valence-electron chi connectivity index (χ4n) is 3.69. The molecular weight excluding hydrogens is 342 g/mol. The number of carbonyl (C=O) groups is 1. The average Bonchev–Trinajstić information content (AvgIpc) is 2.69. The van der Waals surface area contributed by atoms with Crippen LogP contribution in [0.5, 0.6) is 11.5 Å². The van der Waals surface area contributed by atoms with Crippen molar-refractivity contribution in [1.82, 2.24) is 5.32 Å². The van der Waals surface area contributed by atoms with E-state index in [1.807, 2.05) is 30.3 Å². The molecule has 0 saturated carbocycles. The van der Waals surface area contributed by atoms with E-state index in [0.29, 0.717) is 18.2 Å². The first-order chi connectivity index (χ1) is 13.1. The van der Waals surface area contributed by atoms with Crippen molar-refractivity contribution in [2.75, 3.05) is 13.1 Å². The number of benzene rings is 3. The molecule has 27 heavy (non-hydrogen) atoms. The molecule has 1 saturated heterocycles. The topological polar surface area (TPSA) is 78.8 Å². The highest BCUT2D eigenvalue weighted by molar-refractivity contribution is 5.99. The Bertz CT molecular complexity index is 978. The van der Waals surface area contributed by atoms with Crippen LogP contribution in [0.25, 0.3) is 10.8 Å². The lowest BCUT2D eigenvalue weighted by molar-refractivity contribution is -0.0380. The van der Waals surface area contributed by atoms with Crippen molar-refractivity contribution in [1.29, 1.82) is 0 Å². The van der Waals surface area contributed by atoms with E-state index >= 15 is 0 Å². The van der Waals surface area contributed by atoms with Crippen molar-refractivity contribution in [3.05, 3.63) is 71.8 Å². The number of ether oxygens (including phenoxy) is 1. The number of piperidine rings is 1. The van der Waals surface area contributed by atoms with Crippen LogP contribution in [0.4, 0.5) is 0 Å². The number of fused-ring (bicyclic) bond motifs is 1. The van der Waals surface area contributed by atoms with E-state index in [2.05, 4.69) is 5.32 Å². The summed E-state index contributed by atoms with van der Waals surface area (Å²) in [6.07, 6.45) is 1.33. The highest BCUT2D eigenvalue weighted by atomic mass is 16.6. The zero-order valence-electron chi connectivity index (χ0n) is 14.8. The van der Waals surface area contributed by atoms with E-state index in [9.17, 15) is 15.0 Å². The van der Waals surface area contributed by atoms with Gasteiger partial charge in [-0.2, -0.15) is 0 Å². The Morgan fingerprint density at radius 2 is 1.67 bits per heavy atom. The summed E-state index contributed by atoms with van der Waals surface area (Å²) in [5, 5.41) is 24.7. The monoisotopic (exact) mass is 363 g/mol. The Balaban J connectivity index is 1.71. The number of nitrogens with one attached hydrogen (secondary N) is 1. The van der Waals surface area contributed by atoms with Gasteiger partial charge in [-0.3, -0.25) is 0 Å². The summed E-state index contributed by atoms with van der Waals surface area (Å²) >= 11 is 0. The number of carbonyl (C=O) groups excluding carboxylic acids is 1. The van der Waals surface area contributed by atoms with Crippen LogP contribution in [-0.2, 0) is 10.3 Å². The Labute approximate surface area is 157 Å². The number of esters is 1. The first-order valence-corrected chi connectivity index (χ1v) is 9.03. The third kappa shape index (κ3) is 3.34. The zero-order valence-corrected chi connectivity index (χ0v) is 14.8. The van der Waals surface area contributed by atoms with E-state index in [0.717, 1.165) is 24.0 Å². The Morgan fingerprint density at radius 3 is 2.41 bits per heavy atom. The van der Waals surface area contributed by atoms with Crippen molar-refractivity contribution in [3.63, 3.8) is 0 Å². The van der Waals surface area contributed by atoms with E-state index < -0.39 is 11.6 Å². The second kappa shape index (κ2) is 6.93. The largest absolute Gasteiger partial charge is 0.508 e. The fourth-order valence-corrected chi connectivity index (χ4v) is 3.69. The van der Waals surface area contributed by atoms with Gasteiger partial charge in [0.1, 0.15) is 22.7 Å². The third-order valence-electron chi connectivity index (χ3n) is 5.16. The molecule has 0 amide bonds. The van der Waals surface area contributed by atoms with Crippen molar-refractivity contribution in [2.24, 2.45) is 0 Å². The molecule has 0 radical (unpaired) electrons. The number of phenols is 2. The van der Waals surface area contributed by atoms with Crippen LogP contribution >= 0.6 is 0 Å². The maximum Gasteiger partial charge on any atom is 0.342 e. The first kappa shape index (κ1) is 17.4. The highest BCUT2D eigenvalue weighted by Crippen LogP contribution is 2.37. The molecule has 0 spiro atoms. The molecular formula is C22H21NO4. The van der Waals surface area contributed by atoms with Crippen LogP contribution in [0.15, 0.2) is 60.7 Å². The molecule has 138 valence electrons. The van der Waals surface area contributed by atoms with Gasteiger partial charge in [0.15, 0.2) is 0 Å². The lowest BCUT2D eigenvalue weighted by Gasteiger charge is -2.37. The predicted octanol–water partition coefficient (Wildman–Crippen LogP) is 3.69. The molecule has 3 N–H and O–H groups in total. The summed E-state index contributed by atoms with van der Waals surface area (Å²) in [7, 11) is 0. The molecule has 3 aromatic rings. The Hall–Kier alpha value is -3.05. The van der Waals surface area contributed by atoms with Gasteiger partial charge in [-0.15, -0.1) is 0 Å². The number of hydrogen-bond donors (Lipinski definition) is 3. The number of hydrogen-bond acceptors (Lipinski definition) is 5. The quantitative estimate of drug-likeness (QED) is 0.619. The molecule has 0 bridgehead atoms. The Kier molecular flexibility index (Phi) is 4.46. The second-order valence-electron chi connectivity index (χ2n) is 6.90. The SMILES string of the molecule is O=C(OC1(c2ccccc2)CCNCC1)c1cc2cc(O)ccc2cc1O. The van der Waals surface area contributed by atoms with Crippen LogP contribution < -0.4 is 5.32 Å². The van der Waals surface area contributed by atoms with Crippen molar-refractivity contribution < 1.29 is 19.7 Å². The summed E-state index contributed by atoms with van der Waals surface area (Å²) < 4.78 is 6.01. The molecule has 0 aliphatic carbocycles.